The fourth-order valence-corrected chi connectivity index (χ4v) is 2.23. The van der Waals surface area contributed by atoms with E-state index in [1.54, 1.807) is 13.8 Å². The molecule has 13 heavy (non-hydrogen) atoms. The van der Waals surface area contributed by atoms with Crippen LogP contribution in [0.25, 0.3) is 0 Å². The topological polar surface area (TPSA) is 63.4 Å². The molecule has 2 N–H and O–H groups in total. The molecule has 0 spiro atoms. The van der Waals surface area contributed by atoms with Crippen LogP contribution in [0.15, 0.2) is 0 Å². The van der Waals surface area contributed by atoms with Crippen molar-refractivity contribution in [1.29, 1.82) is 0 Å². The highest BCUT2D eigenvalue weighted by Crippen LogP contribution is 2.06. The van der Waals surface area contributed by atoms with Gasteiger partial charge in [0.15, 0.2) is 0 Å². The number of nitrogens with zero attached hydrogens (tertiary/aromatic N) is 1. The Hall–Kier alpha value is -0.570. The van der Waals surface area contributed by atoms with E-state index in [4.69, 9.17) is 12.2 Å². The van der Waals surface area contributed by atoms with Crippen LogP contribution in [-0.2, 0) is 10.0 Å². The summed E-state index contributed by atoms with van der Waals surface area (Å²) in [5, 5.41) is -0.569. The molecular weight excluding hydrogens is 188 g/mol. The summed E-state index contributed by atoms with van der Waals surface area (Å²) in [5.74, 6) is 2.31. The summed E-state index contributed by atoms with van der Waals surface area (Å²) in [6.45, 7) is 3.94. The lowest BCUT2D eigenvalue weighted by atomic mass is 10.5. The molecule has 0 fully saturated rings. The van der Waals surface area contributed by atoms with Gasteiger partial charge in [-0.3, -0.25) is 0 Å². The number of sulfonamides is 1. The zero-order valence-corrected chi connectivity index (χ0v) is 8.84. The molecule has 0 aromatic rings. The third-order valence-corrected chi connectivity index (χ3v) is 4.14. The predicted octanol–water partition coefficient (Wildman–Crippen LogP) is -0.381. The largest absolute Gasteiger partial charge is 0.329 e. The predicted molar refractivity (Wildman–Crippen MR) is 53.5 cm³/mol. The van der Waals surface area contributed by atoms with Gasteiger partial charge in [-0.05, 0) is 6.92 Å². The highest BCUT2D eigenvalue weighted by atomic mass is 32.2. The monoisotopic (exact) mass is 204 g/mol. The summed E-state index contributed by atoms with van der Waals surface area (Å²) in [6.07, 6.45) is 5.06. The quantitative estimate of drug-likeness (QED) is 0.621. The standard InChI is InChI=1S/C8H16N2O2S/c1-4-6-10(5-2)13(11,12)8(3)7-9/h1,8H,5-7,9H2,2-3H3. The summed E-state index contributed by atoms with van der Waals surface area (Å²) >= 11 is 0. The molecule has 0 aliphatic rings. The number of rotatable bonds is 5. The van der Waals surface area contributed by atoms with Crippen molar-refractivity contribution in [3.63, 3.8) is 0 Å². The van der Waals surface area contributed by atoms with Gasteiger partial charge in [-0.2, -0.15) is 4.31 Å². The van der Waals surface area contributed by atoms with Crippen molar-refractivity contribution in [2.75, 3.05) is 19.6 Å². The van der Waals surface area contributed by atoms with Gasteiger partial charge in [0, 0.05) is 13.1 Å². The van der Waals surface area contributed by atoms with E-state index in [2.05, 4.69) is 5.92 Å². The third kappa shape index (κ3) is 2.99. The number of terminal acetylenes is 1. The second kappa shape index (κ2) is 5.22. The number of hydrogen-bond acceptors (Lipinski definition) is 3. The average molecular weight is 204 g/mol. The minimum atomic E-state index is -3.30. The van der Waals surface area contributed by atoms with Gasteiger partial charge in [0.1, 0.15) is 0 Å². The first-order valence-electron chi connectivity index (χ1n) is 4.13. The van der Waals surface area contributed by atoms with Crippen LogP contribution in [0.1, 0.15) is 13.8 Å². The zero-order chi connectivity index (χ0) is 10.5. The molecule has 0 aliphatic carbocycles. The Balaban J connectivity index is 4.70. The van der Waals surface area contributed by atoms with Gasteiger partial charge in [0.05, 0.1) is 11.8 Å². The van der Waals surface area contributed by atoms with Gasteiger partial charge in [-0.25, -0.2) is 8.42 Å². The molecular formula is C8H16N2O2S. The Morgan fingerprint density at radius 1 is 1.62 bits per heavy atom. The van der Waals surface area contributed by atoms with E-state index in [1.165, 1.54) is 4.31 Å². The maximum atomic E-state index is 11.6. The smallest absolute Gasteiger partial charge is 0.218 e. The summed E-state index contributed by atoms with van der Waals surface area (Å²) in [5.41, 5.74) is 5.29. The minimum absolute atomic E-state index is 0.114. The second-order valence-corrected chi connectivity index (χ2v) is 5.07. The van der Waals surface area contributed by atoms with E-state index >= 15 is 0 Å². The highest BCUT2D eigenvalue weighted by molar-refractivity contribution is 7.89. The second-order valence-electron chi connectivity index (χ2n) is 2.72. The van der Waals surface area contributed by atoms with Crippen LogP contribution >= 0.6 is 0 Å². The maximum absolute atomic E-state index is 11.6. The van der Waals surface area contributed by atoms with E-state index in [9.17, 15) is 8.42 Å². The van der Waals surface area contributed by atoms with Crippen LogP contribution in [0.2, 0.25) is 0 Å². The Morgan fingerprint density at radius 2 is 2.15 bits per heavy atom. The lowest BCUT2D eigenvalue weighted by Gasteiger charge is -2.21. The molecule has 0 aromatic heterocycles. The van der Waals surface area contributed by atoms with E-state index in [0.29, 0.717) is 6.54 Å². The minimum Gasteiger partial charge on any atom is -0.329 e. The Morgan fingerprint density at radius 3 is 2.46 bits per heavy atom. The fourth-order valence-electron chi connectivity index (χ4n) is 0.860. The van der Waals surface area contributed by atoms with E-state index in [-0.39, 0.29) is 13.1 Å². The first kappa shape index (κ1) is 12.4. The van der Waals surface area contributed by atoms with E-state index < -0.39 is 15.3 Å². The molecule has 0 saturated carbocycles. The Kier molecular flexibility index (Phi) is 4.99. The molecule has 0 rings (SSSR count). The molecule has 0 bridgehead atoms. The molecule has 1 unspecified atom stereocenters. The van der Waals surface area contributed by atoms with Crippen LogP contribution in [0.5, 0.6) is 0 Å². The SMILES string of the molecule is C#CCN(CC)S(=O)(=O)C(C)CN. The summed E-state index contributed by atoms with van der Waals surface area (Å²) < 4.78 is 24.5. The van der Waals surface area contributed by atoms with Crippen molar-refractivity contribution < 1.29 is 8.42 Å². The van der Waals surface area contributed by atoms with Crippen molar-refractivity contribution in [3.8, 4) is 12.3 Å². The lowest BCUT2D eigenvalue weighted by Crippen LogP contribution is -2.40. The third-order valence-electron chi connectivity index (χ3n) is 1.82. The molecule has 4 nitrogen and oxygen atoms in total. The molecule has 0 heterocycles. The summed E-state index contributed by atoms with van der Waals surface area (Å²) in [7, 11) is -3.30. The van der Waals surface area contributed by atoms with Crippen molar-refractivity contribution >= 4 is 10.0 Å². The molecule has 0 saturated heterocycles. The summed E-state index contributed by atoms with van der Waals surface area (Å²) in [6, 6.07) is 0. The first-order chi connectivity index (χ1) is 6.00. The van der Waals surface area contributed by atoms with Crippen molar-refractivity contribution in [3.05, 3.63) is 0 Å². The van der Waals surface area contributed by atoms with Gasteiger partial charge in [0.2, 0.25) is 10.0 Å². The van der Waals surface area contributed by atoms with E-state index in [0.717, 1.165) is 0 Å². The van der Waals surface area contributed by atoms with Crippen molar-refractivity contribution in [2.24, 2.45) is 5.73 Å². The highest BCUT2D eigenvalue weighted by Gasteiger charge is 2.25. The lowest BCUT2D eigenvalue weighted by molar-refractivity contribution is 0.455. The molecule has 0 aliphatic heterocycles. The molecule has 1 atom stereocenters. The average Bonchev–Trinajstić information content (AvgIpc) is 2.12. The molecule has 5 heteroatoms. The van der Waals surface area contributed by atoms with Crippen LogP contribution < -0.4 is 5.73 Å². The van der Waals surface area contributed by atoms with Crippen LogP contribution in [0.4, 0.5) is 0 Å². The van der Waals surface area contributed by atoms with Gasteiger partial charge in [0.25, 0.3) is 0 Å². The molecule has 0 aromatic carbocycles. The molecule has 0 amide bonds. The molecule has 76 valence electrons. The van der Waals surface area contributed by atoms with Gasteiger partial charge in [-0.15, -0.1) is 6.42 Å². The zero-order valence-electron chi connectivity index (χ0n) is 8.03. The van der Waals surface area contributed by atoms with Crippen molar-refractivity contribution in [2.45, 2.75) is 19.1 Å². The fraction of sp³-hybridized carbons (Fsp3) is 0.750. The number of hydrogen-bond donors (Lipinski definition) is 1. The first-order valence-corrected chi connectivity index (χ1v) is 5.63. The molecule has 0 radical (unpaired) electrons. The van der Waals surface area contributed by atoms with Crippen LogP contribution in [0, 0.1) is 12.3 Å². The van der Waals surface area contributed by atoms with Crippen LogP contribution in [-0.4, -0.2) is 37.6 Å². The Labute approximate surface area is 80.2 Å². The van der Waals surface area contributed by atoms with Crippen molar-refractivity contribution in [1.82, 2.24) is 4.31 Å². The number of nitrogens with two attached hydrogens (primary N) is 1. The normalized spacial score (nSPS) is 14.1. The van der Waals surface area contributed by atoms with E-state index in [1.807, 2.05) is 0 Å². The Bertz CT molecular complexity index is 279. The summed E-state index contributed by atoms with van der Waals surface area (Å²) in [4.78, 5) is 0. The maximum Gasteiger partial charge on any atom is 0.218 e. The van der Waals surface area contributed by atoms with Gasteiger partial charge >= 0.3 is 0 Å². The van der Waals surface area contributed by atoms with Crippen LogP contribution in [0.3, 0.4) is 0 Å². The van der Waals surface area contributed by atoms with Gasteiger partial charge < -0.3 is 5.73 Å². The van der Waals surface area contributed by atoms with Gasteiger partial charge in [-0.1, -0.05) is 12.8 Å².